The van der Waals surface area contributed by atoms with Crippen molar-refractivity contribution in [3.05, 3.63) is 29.6 Å². The first-order valence-electron chi connectivity index (χ1n) is 7.31. The highest BCUT2D eigenvalue weighted by atomic mass is 19.1. The standard InChI is InChI=1S/C16H22FNO/c1-19-15-4-2-3-13(16(15)17)9-18-10-14(11-5-6-11)12-7-8-12/h2-4,11-12,14,18H,5-10H2,1H3. The van der Waals surface area contributed by atoms with Crippen LogP contribution >= 0.6 is 0 Å². The van der Waals surface area contributed by atoms with E-state index in [0.717, 1.165) is 24.3 Å². The number of nitrogens with one attached hydrogen (secondary N) is 1. The quantitative estimate of drug-likeness (QED) is 0.814. The Morgan fingerprint density at radius 3 is 2.53 bits per heavy atom. The lowest BCUT2D eigenvalue weighted by Gasteiger charge is -2.16. The molecule has 0 aromatic heterocycles. The predicted molar refractivity (Wildman–Crippen MR) is 73.6 cm³/mol. The van der Waals surface area contributed by atoms with Gasteiger partial charge in [-0.05, 0) is 56.0 Å². The number of hydrogen-bond acceptors (Lipinski definition) is 2. The van der Waals surface area contributed by atoms with E-state index in [1.54, 1.807) is 6.07 Å². The van der Waals surface area contributed by atoms with Crippen molar-refractivity contribution in [3.8, 4) is 5.75 Å². The Bertz CT molecular complexity index is 428. The van der Waals surface area contributed by atoms with E-state index >= 15 is 0 Å². The van der Waals surface area contributed by atoms with Crippen LogP contribution in [0.1, 0.15) is 31.2 Å². The topological polar surface area (TPSA) is 21.3 Å². The Hall–Kier alpha value is -1.09. The van der Waals surface area contributed by atoms with Gasteiger partial charge in [0.15, 0.2) is 11.6 Å². The Balaban J connectivity index is 1.54. The molecular formula is C16H22FNO. The van der Waals surface area contributed by atoms with Crippen LogP contribution in [0.3, 0.4) is 0 Å². The van der Waals surface area contributed by atoms with Gasteiger partial charge in [0.2, 0.25) is 0 Å². The van der Waals surface area contributed by atoms with E-state index in [9.17, 15) is 4.39 Å². The van der Waals surface area contributed by atoms with Crippen LogP contribution in [0.15, 0.2) is 18.2 Å². The van der Waals surface area contributed by atoms with Crippen LogP contribution in [0.25, 0.3) is 0 Å². The molecule has 2 aliphatic rings. The minimum atomic E-state index is -0.230. The monoisotopic (exact) mass is 263 g/mol. The lowest BCUT2D eigenvalue weighted by atomic mass is 9.98. The van der Waals surface area contributed by atoms with E-state index < -0.39 is 0 Å². The molecule has 19 heavy (non-hydrogen) atoms. The van der Waals surface area contributed by atoms with Crippen LogP contribution in [0.4, 0.5) is 4.39 Å². The number of methoxy groups -OCH3 is 1. The molecule has 0 saturated heterocycles. The highest BCUT2D eigenvalue weighted by Gasteiger charge is 2.40. The summed E-state index contributed by atoms with van der Waals surface area (Å²) in [5, 5.41) is 3.44. The Morgan fingerprint density at radius 2 is 1.95 bits per heavy atom. The van der Waals surface area contributed by atoms with Gasteiger partial charge in [-0.1, -0.05) is 12.1 Å². The zero-order valence-electron chi connectivity index (χ0n) is 11.5. The Kier molecular flexibility index (Phi) is 3.74. The summed E-state index contributed by atoms with van der Waals surface area (Å²) >= 11 is 0. The van der Waals surface area contributed by atoms with Gasteiger partial charge >= 0.3 is 0 Å². The van der Waals surface area contributed by atoms with Crippen molar-refractivity contribution in [3.63, 3.8) is 0 Å². The molecule has 1 N–H and O–H groups in total. The molecule has 0 bridgehead atoms. The first-order chi connectivity index (χ1) is 9.29. The summed E-state index contributed by atoms with van der Waals surface area (Å²) in [6.45, 7) is 1.63. The minimum Gasteiger partial charge on any atom is -0.494 e. The fraction of sp³-hybridized carbons (Fsp3) is 0.625. The molecule has 2 fully saturated rings. The second kappa shape index (κ2) is 5.49. The summed E-state index contributed by atoms with van der Waals surface area (Å²) in [7, 11) is 1.51. The van der Waals surface area contributed by atoms with Crippen LogP contribution in [0, 0.1) is 23.6 Å². The maximum Gasteiger partial charge on any atom is 0.169 e. The van der Waals surface area contributed by atoms with Gasteiger partial charge in [0.05, 0.1) is 7.11 Å². The highest BCUT2D eigenvalue weighted by molar-refractivity contribution is 5.30. The van der Waals surface area contributed by atoms with Crippen molar-refractivity contribution < 1.29 is 9.13 Å². The number of hydrogen-bond donors (Lipinski definition) is 1. The van der Waals surface area contributed by atoms with Crippen molar-refractivity contribution in [2.24, 2.45) is 17.8 Å². The van der Waals surface area contributed by atoms with E-state index in [1.165, 1.54) is 32.8 Å². The summed E-state index contributed by atoms with van der Waals surface area (Å²) in [5.74, 6) is 2.81. The first kappa shape index (κ1) is 12.9. The summed E-state index contributed by atoms with van der Waals surface area (Å²) in [5.41, 5.74) is 0.699. The molecule has 3 rings (SSSR count). The van der Waals surface area contributed by atoms with Crippen molar-refractivity contribution >= 4 is 0 Å². The van der Waals surface area contributed by atoms with E-state index in [4.69, 9.17) is 4.74 Å². The molecular weight excluding hydrogens is 241 g/mol. The van der Waals surface area contributed by atoms with Gasteiger partial charge in [-0.15, -0.1) is 0 Å². The first-order valence-corrected chi connectivity index (χ1v) is 7.31. The van der Waals surface area contributed by atoms with Gasteiger partial charge in [-0.2, -0.15) is 0 Å². The summed E-state index contributed by atoms with van der Waals surface area (Å²) in [6, 6.07) is 5.34. The third kappa shape index (κ3) is 3.08. The van der Waals surface area contributed by atoms with Crippen molar-refractivity contribution in [2.45, 2.75) is 32.2 Å². The Morgan fingerprint density at radius 1 is 1.26 bits per heavy atom. The molecule has 0 unspecified atom stereocenters. The van der Waals surface area contributed by atoms with Crippen molar-refractivity contribution in [2.75, 3.05) is 13.7 Å². The summed E-state index contributed by atoms with van der Waals surface area (Å²) < 4.78 is 19.0. The summed E-state index contributed by atoms with van der Waals surface area (Å²) in [4.78, 5) is 0. The third-order valence-corrected chi connectivity index (χ3v) is 4.41. The largest absolute Gasteiger partial charge is 0.494 e. The van der Waals surface area contributed by atoms with Gasteiger partial charge in [-0.3, -0.25) is 0 Å². The zero-order valence-corrected chi connectivity index (χ0v) is 11.5. The molecule has 2 saturated carbocycles. The third-order valence-electron chi connectivity index (χ3n) is 4.41. The average molecular weight is 263 g/mol. The molecule has 0 amide bonds. The molecule has 0 aliphatic heterocycles. The van der Waals surface area contributed by atoms with Crippen molar-refractivity contribution in [1.29, 1.82) is 0 Å². The van der Waals surface area contributed by atoms with Crippen LogP contribution in [-0.4, -0.2) is 13.7 Å². The summed E-state index contributed by atoms with van der Waals surface area (Å²) in [6.07, 6.45) is 5.60. The second-order valence-electron chi connectivity index (χ2n) is 5.90. The number of halogens is 1. The van der Waals surface area contributed by atoms with Gasteiger partial charge in [0.25, 0.3) is 0 Å². The normalized spacial score (nSPS) is 18.9. The molecule has 2 aliphatic carbocycles. The fourth-order valence-electron chi connectivity index (χ4n) is 2.99. The van der Waals surface area contributed by atoms with Crippen LogP contribution < -0.4 is 10.1 Å². The Labute approximate surface area is 114 Å². The van der Waals surface area contributed by atoms with Gasteiger partial charge in [-0.25, -0.2) is 4.39 Å². The number of rotatable bonds is 7. The van der Waals surface area contributed by atoms with Crippen LogP contribution in [0.5, 0.6) is 5.75 Å². The SMILES string of the molecule is COc1cccc(CNCC(C2CC2)C2CC2)c1F. The minimum absolute atomic E-state index is 0.230. The van der Waals surface area contributed by atoms with Gasteiger partial charge in [0.1, 0.15) is 0 Å². The molecule has 0 atom stereocenters. The molecule has 104 valence electrons. The molecule has 0 spiro atoms. The lowest BCUT2D eigenvalue weighted by Crippen LogP contribution is -2.25. The van der Waals surface area contributed by atoms with Crippen molar-refractivity contribution in [1.82, 2.24) is 5.32 Å². The van der Waals surface area contributed by atoms with E-state index in [-0.39, 0.29) is 5.82 Å². The maximum atomic E-state index is 14.0. The molecule has 2 nitrogen and oxygen atoms in total. The molecule has 0 radical (unpaired) electrons. The molecule has 3 heteroatoms. The number of ether oxygens (including phenoxy) is 1. The fourth-order valence-corrected chi connectivity index (χ4v) is 2.99. The van der Waals surface area contributed by atoms with Crippen LogP contribution in [-0.2, 0) is 6.54 Å². The van der Waals surface area contributed by atoms with E-state index in [2.05, 4.69) is 5.32 Å². The van der Waals surface area contributed by atoms with E-state index in [0.29, 0.717) is 17.9 Å². The zero-order chi connectivity index (χ0) is 13.2. The molecule has 1 aromatic carbocycles. The lowest BCUT2D eigenvalue weighted by molar-refractivity contribution is 0.370. The van der Waals surface area contributed by atoms with E-state index in [1.807, 2.05) is 12.1 Å². The second-order valence-corrected chi connectivity index (χ2v) is 5.90. The van der Waals surface area contributed by atoms with Gasteiger partial charge in [0, 0.05) is 12.1 Å². The average Bonchev–Trinajstić information content (AvgIpc) is 3.28. The molecule has 1 aromatic rings. The molecule has 0 heterocycles. The number of benzene rings is 1. The van der Waals surface area contributed by atoms with Crippen LogP contribution in [0.2, 0.25) is 0 Å². The maximum absolute atomic E-state index is 14.0. The van der Waals surface area contributed by atoms with Gasteiger partial charge < -0.3 is 10.1 Å². The smallest absolute Gasteiger partial charge is 0.169 e. The predicted octanol–water partition coefficient (Wildman–Crippen LogP) is 3.36. The highest BCUT2D eigenvalue weighted by Crippen LogP contribution is 2.48.